The zero-order valence-electron chi connectivity index (χ0n) is 20.3. The van der Waals surface area contributed by atoms with Crippen LogP contribution in [0.2, 0.25) is 0 Å². The summed E-state index contributed by atoms with van der Waals surface area (Å²) < 4.78 is 0. The first-order valence-corrected chi connectivity index (χ1v) is 12.3. The van der Waals surface area contributed by atoms with Gasteiger partial charge in [-0.1, -0.05) is 12.1 Å². The lowest BCUT2D eigenvalue weighted by molar-refractivity contribution is -0.134. The van der Waals surface area contributed by atoms with Gasteiger partial charge in [0.15, 0.2) is 5.13 Å². The Kier molecular flexibility index (Phi) is 9.32. The zero-order valence-corrected chi connectivity index (χ0v) is 21.1. The van der Waals surface area contributed by atoms with Gasteiger partial charge in [0.1, 0.15) is 0 Å². The summed E-state index contributed by atoms with van der Waals surface area (Å²) in [6.07, 6.45) is 3.34. The second-order valence-electron chi connectivity index (χ2n) is 8.75. The molecule has 0 spiro atoms. The van der Waals surface area contributed by atoms with Gasteiger partial charge in [-0.05, 0) is 49.9 Å². The van der Waals surface area contributed by atoms with Gasteiger partial charge in [-0.15, -0.1) is 11.3 Å². The van der Waals surface area contributed by atoms with Gasteiger partial charge in [-0.2, -0.15) is 0 Å². The van der Waals surface area contributed by atoms with Gasteiger partial charge in [-0.3, -0.25) is 19.8 Å². The average molecular weight is 501 g/mol. The van der Waals surface area contributed by atoms with Gasteiger partial charge in [-0.25, -0.2) is 14.8 Å². The molecule has 0 saturated carbocycles. The van der Waals surface area contributed by atoms with Crippen molar-refractivity contribution in [2.45, 2.75) is 39.2 Å². The molecule has 2 aromatic rings. The van der Waals surface area contributed by atoms with Gasteiger partial charge in [0, 0.05) is 39.0 Å². The number of carbonyl (C=O) groups excluding carboxylic acids is 2. The molecule has 0 radical (unpaired) electrons. The van der Waals surface area contributed by atoms with Crippen molar-refractivity contribution in [2.24, 2.45) is 10.9 Å². The predicted octanol–water partition coefficient (Wildman–Crippen LogP) is 3.11. The minimum absolute atomic E-state index is 0.0109. The molecule has 3 amide bonds. The van der Waals surface area contributed by atoms with Crippen LogP contribution in [0.15, 0.2) is 29.3 Å². The first kappa shape index (κ1) is 26.3. The monoisotopic (exact) mass is 500 g/mol. The molecule has 3 N–H and O–H groups in total. The first-order chi connectivity index (χ1) is 16.7. The van der Waals surface area contributed by atoms with E-state index in [-0.39, 0.29) is 17.7 Å². The number of aliphatic imine (C=N–C) groups is 1. The van der Waals surface area contributed by atoms with E-state index in [9.17, 15) is 14.4 Å². The van der Waals surface area contributed by atoms with Gasteiger partial charge in [0.25, 0.3) is 0 Å². The van der Waals surface area contributed by atoms with Gasteiger partial charge < -0.3 is 15.3 Å². The molecule has 0 bridgehead atoms. The van der Waals surface area contributed by atoms with E-state index in [1.54, 1.807) is 19.0 Å². The van der Waals surface area contributed by atoms with Crippen molar-refractivity contribution in [1.29, 1.82) is 0 Å². The normalized spacial score (nSPS) is 16.3. The molecule has 1 atom stereocenters. The molecule has 0 aliphatic carbocycles. The SMILES string of the molecule is CC(=O)Nc1nc(CCc2ccc(N=CNC(=O)O)cc2)c(CN2CCC[C@@H](C(=O)N(C)C)C2)s1. The van der Waals surface area contributed by atoms with E-state index >= 15 is 0 Å². The van der Waals surface area contributed by atoms with E-state index in [0.717, 1.165) is 54.8 Å². The largest absolute Gasteiger partial charge is 0.465 e. The number of rotatable bonds is 9. The third kappa shape index (κ3) is 8.15. The highest BCUT2D eigenvalue weighted by Crippen LogP contribution is 2.28. The molecule has 0 unspecified atom stereocenters. The van der Waals surface area contributed by atoms with Crippen LogP contribution in [-0.4, -0.2) is 71.3 Å². The average Bonchev–Trinajstić information content (AvgIpc) is 3.18. The maximum atomic E-state index is 12.5. The van der Waals surface area contributed by atoms with E-state index in [0.29, 0.717) is 23.8 Å². The number of benzene rings is 1. The zero-order chi connectivity index (χ0) is 25.4. The number of likely N-dealkylation sites (tertiary alicyclic amines) is 1. The third-order valence-corrected chi connectivity index (χ3v) is 6.71. The van der Waals surface area contributed by atoms with Crippen molar-refractivity contribution in [3.8, 4) is 0 Å². The summed E-state index contributed by atoms with van der Waals surface area (Å²) in [4.78, 5) is 48.4. The van der Waals surface area contributed by atoms with Crippen LogP contribution in [0, 0.1) is 5.92 Å². The van der Waals surface area contributed by atoms with Crippen molar-refractivity contribution in [3.63, 3.8) is 0 Å². The van der Waals surface area contributed by atoms with Crippen LogP contribution in [-0.2, 0) is 29.0 Å². The van der Waals surface area contributed by atoms with E-state index in [4.69, 9.17) is 5.11 Å². The fraction of sp³-hybridized carbons (Fsp3) is 0.458. The molecule has 1 saturated heterocycles. The lowest BCUT2D eigenvalue weighted by Crippen LogP contribution is -2.42. The number of nitrogens with one attached hydrogen (secondary N) is 2. The molecule has 35 heavy (non-hydrogen) atoms. The highest BCUT2D eigenvalue weighted by molar-refractivity contribution is 7.15. The predicted molar refractivity (Wildman–Crippen MR) is 136 cm³/mol. The van der Waals surface area contributed by atoms with Crippen molar-refractivity contribution in [1.82, 2.24) is 20.1 Å². The number of hydrogen-bond donors (Lipinski definition) is 3. The Hall–Kier alpha value is -3.31. The first-order valence-electron chi connectivity index (χ1n) is 11.5. The number of amides is 3. The standard InChI is InChI=1S/C24H32N6O4S/c1-16(31)27-23-28-20(11-8-17-6-9-19(10-7-17)25-15-26-24(33)34)21(35-23)14-30-12-4-5-18(13-30)22(32)29(2)3/h6-7,9-10,15,18H,4-5,8,11-14H2,1-3H3,(H,25,26)(H,33,34)(H,27,28,31)/t18-/m1/s1. The van der Waals surface area contributed by atoms with Crippen LogP contribution in [0.5, 0.6) is 0 Å². The minimum Gasteiger partial charge on any atom is -0.465 e. The summed E-state index contributed by atoms with van der Waals surface area (Å²) in [7, 11) is 3.60. The van der Waals surface area contributed by atoms with E-state index in [1.165, 1.54) is 18.3 Å². The number of piperidine rings is 1. The lowest BCUT2D eigenvalue weighted by atomic mass is 9.96. The van der Waals surface area contributed by atoms with Crippen molar-refractivity contribution in [2.75, 3.05) is 32.5 Å². The van der Waals surface area contributed by atoms with Gasteiger partial charge >= 0.3 is 6.09 Å². The fourth-order valence-electron chi connectivity index (χ4n) is 4.05. The molecule has 1 aromatic carbocycles. The van der Waals surface area contributed by atoms with Crippen LogP contribution in [0.1, 0.15) is 35.9 Å². The second-order valence-corrected chi connectivity index (χ2v) is 9.83. The quantitative estimate of drug-likeness (QED) is 0.359. The summed E-state index contributed by atoms with van der Waals surface area (Å²) in [5.41, 5.74) is 2.70. The molecular weight excluding hydrogens is 468 g/mol. The highest BCUT2D eigenvalue weighted by atomic mass is 32.1. The summed E-state index contributed by atoms with van der Waals surface area (Å²) >= 11 is 1.49. The maximum absolute atomic E-state index is 12.5. The molecule has 1 aromatic heterocycles. The molecule has 1 aliphatic rings. The molecule has 2 heterocycles. The van der Waals surface area contributed by atoms with E-state index < -0.39 is 6.09 Å². The number of aryl methyl sites for hydroxylation is 2. The number of anilines is 1. The third-order valence-electron chi connectivity index (χ3n) is 5.71. The van der Waals surface area contributed by atoms with Crippen LogP contribution in [0.4, 0.5) is 15.6 Å². The number of nitrogens with zero attached hydrogens (tertiary/aromatic N) is 4. The smallest absolute Gasteiger partial charge is 0.409 e. The molecule has 3 rings (SSSR count). The van der Waals surface area contributed by atoms with Gasteiger partial charge in [0.05, 0.1) is 23.6 Å². The highest BCUT2D eigenvalue weighted by Gasteiger charge is 2.27. The minimum atomic E-state index is -1.16. The fourth-order valence-corrected chi connectivity index (χ4v) is 5.15. The number of carboxylic acid groups (broad SMARTS) is 1. The molecular formula is C24H32N6O4S. The number of aromatic nitrogens is 1. The molecule has 11 heteroatoms. The molecule has 1 aliphatic heterocycles. The van der Waals surface area contributed by atoms with Crippen molar-refractivity contribution >= 4 is 46.4 Å². The summed E-state index contributed by atoms with van der Waals surface area (Å²) in [5.74, 6) is 0.0292. The van der Waals surface area contributed by atoms with Crippen LogP contribution < -0.4 is 10.6 Å². The Morgan fingerprint density at radius 1 is 1.26 bits per heavy atom. The molecule has 10 nitrogen and oxygen atoms in total. The van der Waals surface area contributed by atoms with Crippen molar-refractivity contribution in [3.05, 3.63) is 40.4 Å². The van der Waals surface area contributed by atoms with Crippen LogP contribution >= 0.6 is 11.3 Å². The van der Waals surface area contributed by atoms with Crippen molar-refractivity contribution < 1.29 is 19.5 Å². The number of carbonyl (C=O) groups is 3. The Balaban J connectivity index is 1.67. The Morgan fingerprint density at radius 3 is 2.66 bits per heavy atom. The van der Waals surface area contributed by atoms with E-state index in [1.807, 2.05) is 24.3 Å². The van der Waals surface area contributed by atoms with E-state index in [2.05, 4.69) is 25.5 Å². The summed E-state index contributed by atoms with van der Waals surface area (Å²) in [6, 6.07) is 7.57. The molecule has 1 fully saturated rings. The van der Waals surface area contributed by atoms with Gasteiger partial charge in [0.2, 0.25) is 11.8 Å². The van der Waals surface area contributed by atoms with Crippen LogP contribution in [0.25, 0.3) is 0 Å². The molecule has 188 valence electrons. The number of thiazole rings is 1. The summed E-state index contributed by atoms with van der Waals surface area (Å²) in [5, 5.41) is 14.1. The topological polar surface area (TPSA) is 127 Å². The Labute approximate surface area is 209 Å². The maximum Gasteiger partial charge on any atom is 0.409 e. The lowest BCUT2D eigenvalue weighted by Gasteiger charge is -2.33. The number of hydrogen-bond acceptors (Lipinski definition) is 7. The Morgan fingerprint density at radius 2 is 2.00 bits per heavy atom. The Bertz CT molecular complexity index is 1070. The van der Waals surface area contributed by atoms with Crippen LogP contribution in [0.3, 0.4) is 0 Å². The second kappa shape index (κ2) is 12.4. The summed E-state index contributed by atoms with van der Waals surface area (Å²) in [6.45, 7) is 3.83.